The SMILES string of the molecule is Cc1ccc([N+](=O)[O-])cc1NC(=O)NCC1(N2CCN(c3ccccc3)CC2)CCOCC1. The largest absolute Gasteiger partial charge is 0.381 e. The van der Waals surface area contributed by atoms with Crippen molar-refractivity contribution in [3.63, 3.8) is 0 Å². The molecule has 2 heterocycles. The molecule has 2 aromatic rings. The minimum atomic E-state index is -0.464. The quantitative estimate of drug-likeness (QED) is 0.514. The number of anilines is 2. The number of nitro benzene ring substituents is 1. The number of rotatable bonds is 6. The number of ether oxygens (including phenoxy) is 1. The highest BCUT2D eigenvalue weighted by molar-refractivity contribution is 5.90. The number of carbonyl (C=O) groups excluding carboxylic acids is 1. The van der Waals surface area contributed by atoms with E-state index in [1.807, 2.05) is 13.0 Å². The Hall–Kier alpha value is -3.17. The van der Waals surface area contributed by atoms with E-state index in [0.717, 1.165) is 44.6 Å². The average Bonchev–Trinajstić information content (AvgIpc) is 2.85. The molecule has 0 atom stereocenters. The molecule has 2 fully saturated rings. The van der Waals surface area contributed by atoms with Gasteiger partial charge in [0, 0.05) is 69.3 Å². The Morgan fingerprint density at radius 3 is 2.45 bits per heavy atom. The third-order valence-corrected chi connectivity index (χ3v) is 6.75. The first kappa shape index (κ1) is 23.0. The molecule has 2 N–H and O–H groups in total. The number of nitro groups is 1. The number of benzene rings is 2. The first-order valence-electron chi connectivity index (χ1n) is 11.4. The first-order chi connectivity index (χ1) is 16.0. The van der Waals surface area contributed by atoms with Gasteiger partial charge in [-0.2, -0.15) is 0 Å². The van der Waals surface area contributed by atoms with E-state index in [2.05, 4.69) is 44.7 Å². The van der Waals surface area contributed by atoms with Gasteiger partial charge < -0.3 is 20.3 Å². The monoisotopic (exact) mass is 453 g/mol. The molecule has 2 aromatic carbocycles. The molecule has 2 saturated heterocycles. The Balaban J connectivity index is 1.38. The lowest BCUT2D eigenvalue weighted by atomic mass is 9.87. The van der Waals surface area contributed by atoms with Gasteiger partial charge in [-0.05, 0) is 37.5 Å². The van der Waals surface area contributed by atoms with E-state index < -0.39 is 4.92 Å². The number of carbonyl (C=O) groups is 1. The summed E-state index contributed by atoms with van der Waals surface area (Å²) in [5.74, 6) is 0. The summed E-state index contributed by atoms with van der Waals surface area (Å²) in [7, 11) is 0. The topological polar surface area (TPSA) is 100.0 Å². The van der Waals surface area contributed by atoms with Gasteiger partial charge in [0.2, 0.25) is 0 Å². The molecule has 0 aromatic heterocycles. The molecule has 0 radical (unpaired) electrons. The Labute approximate surface area is 193 Å². The molecule has 0 bridgehead atoms. The molecule has 0 spiro atoms. The third kappa shape index (κ3) is 5.43. The molecule has 0 saturated carbocycles. The van der Waals surface area contributed by atoms with Crippen molar-refractivity contribution in [2.75, 3.05) is 56.2 Å². The van der Waals surface area contributed by atoms with Crippen LogP contribution in [0.3, 0.4) is 0 Å². The number of amides is 2. The van der Waals surface area contributed by atoms with Crippen LogP contribution >= 0.6 is 0 Å². The maximum atomic E-state index is 12.7. The number of aryl methyl sites for hydroxylation is 1. The van der Waals surface area contributed by atoms with Crippen molar-refractivity contribution in [2.45, 2.75) is 25.3 Å². The van der Waals surface area contributed by atoms with Crippen LogP contribution in [-0.2, 0) is 4.74 Å². The number of nitrogens with zero attached hydrogens (tertiary/aromatic N) is 3. The van der Waals surface area contributed by atoms with Crippen molar-refractivity contribution < 1.29 is 14.5 Å². The Kier molecular flexibility index (Phi) is 7.10. The van der Waals surface area contributed by atoms with Crippen molar-refractivity contribution >= 4 is 23.1 Å². The molecule has 2 aliphatic heterocycles. The highest BCUT2D eigenvalue weighted by Crippen LogP contribution is 2.30. The second-order valence-corrected chi connectivity index (χ2v) is 8.71. The summed E-state index contributed by atoms with van der Waals surface area (Å²) in [6, 6.07) is 14.5. The van der Waals surface area contributed by atoms with Gasteiger partial charge in [-0.25, -0.2) is 4.79 Å². The smallest absolute Gasteiger partial charge is 0.319 e. The molecule has 9 nitrogen and oxygen atoms in total. The number of urea groups is 1. The van der Waals surface area contributed by atoms with Gasteiger partial charge in [-0.15, -0.1) is 0 Å². The van der Waals surface area contributed by atoms with Gasteiger partial charge in [-0.1, -0.05) is 24.3 Å². The van der Waals surface area contributed by atoms with Crippen LogP contribution in [0.5, 0.6) is 0 Å². The molecule has 176 valence electrons. The zero-order valence-electron chi connectivity index (χ0n) is 19.0. The van der Waals surface area contributed by atoms with Gasteiger partial charge in [0.25, 0.3) is 5.69 Å². The van der Waals surface area contributed by atoms with E-state index in [9.17, 15) is 14.9 Å². The Morgan fingerprint density at radius 2 is 1.79 bits per heavy atom. The molecule has 0 aliphatic carbocycles. The highest BCUT2D eigenvalue weighted by atomic mass is 16.6. The molecule has 33 heavy (non-hydrogen) atoms. The molecular weight excluding hydrogens is 422 g/mol. The standard InChI is InChI=1S/C24H31N5O4/c1-19-7-8-21(29(31)32)17-22(19)26-23(30)25-18-24(9-15-33-16-10-24)28-13-11-27(12-14-28)20-5-3-2-4-6-20/h2-8,17H,9-16,18H2,1H3,(H2,25,26,30). The highest BCUT2D eigenvalue weighted by Gasteiger charge is 2.40. The second-order valence-electron chi connectivity index (χ2n) is 8.71. The number of hydrogen-bond acceptors (Lipinski definition) is 6. The minimum absolute atomic E-state index is 0.0481. The zero-order valence-corrected chi connectivity index (χ0v) is 19.0. The maximum Gasteiger partial charge on any atom is 0.319 e. The van der Waals surface area contributed by atoms with E-state index in [1.54, 1.807) is 6.07 Å². The van der Waals surface area contributed by atoms with Gasteiger partial charge in [0.15, 0.2) is 0 Å². The van der Waals surface area contributed by atoms with E-state index in [1.165, 1.54) is 17.8 Å². The van der Waals surface area contributed by atoms with Crippen LogP contribution < -0.4 is 15.5 Å². The lowest BCUT2D eigenvalue weighted by Crippen LogP contribution is -2.63. The van der Waals surface area contributed by atoms with E-state index in [-0.39, 0.29) is 17.3 Å². The fraction of sp³-hybridized carbons (Fsp3) is 0.458. The number of piperazine rings is 1. The normalized spacial score (nSPS) is 18.5. The molecule has 4 rings (SSSR count). The van der Waals surface area contributed by atoms with Gasteiger partial charge in [-0.3, -0.25) is 15.0 Å². The van der Waals surface area contributed by atoms with Crippen LogP contribution in [0.15, 0.2) is 48.5 Å². The van der Waals surface area contributed by atoms with E-state index in [4.69, 9.17) is 4.74 Å². The summed E-state index contributed by atoms with van der Waals surface area (Å²) in [5.41, 5.74) is 2.25. The summed E-state index contributed by atoms with van der Waals surface area (Å²) in [6.07, 6.45) is 1.71. The number of para-hydroxylation sites is 1. The lowest BCUT2D eigenvalue weighted by Gasteiger charge is -2.50. The van der Waals surface area contributed by atoms with Crippen LogP contribution in [-0.4, -0.2) is 67.3 Å². The van der Waals surface area contributed by atoms with E-state index in [0.29, 0.717) is 25.4 Å². The molecule has 9 heteroatoms. The molecule has 2 aliphatic rings. The fourth-order valence-corrected chi connectivity index (χ4v) is 4.70. The molecule has 2 amide bonds. The van der Waals surface area contributed by atoms with Crippen molar-refractivity contribution in [2.24, 2.45) is 0 Å². The molecule has 0 unspecified atom stereocenters. The summed E-state index contributed by atoms with van der Waals surface area (Å²) < 4.78 is 5.63. The van der Waals surface area contributed by atoms with Crippen LogP contribution in [0.2, 0.25) is 0 Å². The summed E-state index contributed by atoms with van der Waals surface area (Å²) in [4.78, 5) is 28.2. The average molecular weight is 454 g/mol. The fourth-order valence-electron chi connectivity index (χ4n) is 4.70. The van der Waals surface area contributed by atoms with Crippen LogP contribution in [0.25, 0.3) is 0 Å². The third-order valence-electron chi connectivity index (χ3n) is 6.75. The van der Waals surface area contributed by atoms with Crippen molar-refractivity contribution in [3.05, 3.63) is 64.2 Å². The van der Waals surface area contributed by atoms with Crippen LogP contribution in [0.1, 0.15) is 18.4 Å². The number of hydrogen-bond donors (Lipinski definition) is 2. The summed E-state index contributed by atoms with van der Waals surface area (Å²) in [5, 5.41) is 16.9. The lowest BCUT2D eigenvalue weighted by molar-refractivity contribution is -0.384. The molecular formula is C24H31N5O4. The minimum Gasteiger partial charge on any atom is -0.381 e. The first-order valence-corrected chi connectivity index (χ1v) is 11.4. The van der Waals surface area contributed by atoms with E-state index >= 15 is 0 Å². The summed E-state index contributed by atoms with van der Waals surface area (Å²) in [6.45, 7) is 7.37. The maximum absolute atomic E-state index is 12.7. The number of nitrogens with one attached hydrogen (secondary N) is 2. The summed E-state index contributed by atoms with van der Waals surface area (Å²) >= 11 is 0. The Bertz CT molecular complexity index is 970. The van der Waals surface area contributed by atoms with Crippen molar-refractivity contribution in [1.29, 1.82) is 0 Å². The van der Waals surface area contributed by atoms with Gasteiger partial charge in [0.1, 0.15) is 0 Å². The predicted octanol–water partition coefficient (Wildman–Crippen LogP) is 3.40. The van der Waals surface area contributed by atoms with Gasteiger partial charge in [0.05, 0.1) is 10.6 Å². The van der Waals surface area contributed by atoms with Gasteiger partial charge >= 0.3 is 6.03 Å². The van der Waals surface area contributed by atoms with Crippen LogP contribution in [0.4, 0.5) is 21.9 Å². The van der Waals surface area contributed by atoms with Crippen LogP contribution in [0, 0.1) is 17.0 Å². The zero-order chi connectivity index (χ0) is 23.3. The second kappa shape index (κ2) is 10.2. The number of non-ortho nitro benzene ring substituents is 1. The Morgan fingerprint density at radius 1 is 1.09 bits per heavy atom. The van der Waals surface area contributed by atoms with Crippen molar-refractivity contribution in [1.82, 2.24) is 10.2 Å². The predicted molar refractivity (Wildman–Crippen MR) is 128 cm³/mol. The van der Waals surface area contributed by atoms with Crippen molar-refractivity contribution in [3.8, 4) is 0 Å².